The summed E-state index contributed by atoms with van der Waals surface area (Å²) in [5, 5.41) is 3.08. The first-order chi connectivity index (χ1) is 14.0. The lowest BCUT2D eigenvalue weighted by molar-refractivity contribution is -0.122. The number of fused-ring (bicyclic) bond motifs is 2. The molecule has 0 fully saturated rings. The summed E-state index contributed by atoms with van der Waals surface area (Å²) in [7, 11) is 0. The zero-order valence-electron chi connectivity index (χ0n) is 16.9. The van der Waals surface area contributed by atoms with Crippen LogP contribution in [0.1, 0.15) is 49.6 Å². The lowest BCUT2D eigenvalue weighted by atomic mass is 9.95. The van der Waals surface area contributed by atoms with Gasteiger partial charge in [0.15, 0.2) is 11.5 Å². The van der Waals surface area contributed by atoms with Crippen LogP contribution in [0.4, 0.5) is 0 Å². The Morgan fingerprint density at radius 2 is 1.97 bits per heavy atom. The average molecular weight is 397 g/mol. The topological polar surface area (TPSA) is 82.5 Å². The van der Waals surface area contributed by atoms with Crippen molar-refractivity contribution < 1.29 is 14.3 Å². The molecule has 1 aromatic carbocycles. The number of hydrogen-bond acceptors (Lipinski definition) is 5. The summed E-state index contributed by atoms with van der Waals surface area (Å²) in [6.45, 7) is 5.32. The minimum atomic E-state index is -0.211. The Morgan fingerprint density at radius 1 is 1.17 bits per heavy atom. The number of nitrogens with zero attached hydrogens (tertiary/aromatic N) is 2. The van der Waals surface area contributed by atoms with Crippen LogP contribution in [-0.4, -0.2) is 28.7 Å². The van der Waals surface area contributed by atoms with Gasteiger partial charge in [-0.2, -0.15) is 0 Å². The molecule has 0 saturated heterocycles. The van der Waals surface area contributed by atoms with E-state index in [1.54, 1.807) is 0 Å². The Balaban J connectivity index is 1.51. The molecule has 0 spiro atoms. The molecular weight excluding hydrogens is 370 g/mol. The number of hydrogen-bond donors (Lipinski definition) is 1. The molecule has 0 saturated carbocycles. The first-order valence-electron chi connectivity index (χ1n) is 10.3. The first kappa shape index (κ1) is 19.5. The van der Waals surface area contributed by atoms with Gasteiger partial charge in [0.25, 0.3) is 5.56 Å². The van der Waals surface area contributed by atoms with E-state index in [1.807, 2.05) is 18.2 Å². The van der Waals surface area contributed by atoms with Crippen LogP contribution in [0.3, 0.4) is 0 Å². The summed E-state index contributed by atoms with van der Waals surface area (Å²) >= 11 is 0. The van der Waals surface area contributed by atoms with E-state index in [-0.39, 0.29) is 30.0 Å². The molecule has 7 heteroatoms. The van der Waals surface area contributed by atoms with E-state index in [0.29, 0.717) is 19.0 Å². The zero-order chi connectivity index (χ0) is 20.4. The van der Waals surface area contributed by atoms with Crippen LogP contribution in [0, 0.1) is 5.92 Å². The van der Waals surface area contributed by atoms with Crippen LogP contribution < -0.4 is 20.3 Å². The molecule has 0 radical (unpaired) electrons. The number of benzene rings is 1. The van der Waals surface area contributed by atoms with Gasteiger partial charge in [-0.25, -0.2) is 4.98 Å². The summed E-state index contributed by atoms with van der Waals surface area (Å²) in [6, 6.07) is 5.60. The van der Waals surface area contributed by atoms with Gasteiger partial charge in [-0.15, -0.1) is 0 Å². The van der Waals surface area contributed by atoms with Gasteiger partial charge in [0, 0.05) is 12.0 Å². The Morgan fingerprint density at radius 3 is 2.76 bits per heavy atom. The third-order valence-corrected chi connectivity index (χ3v) is 5.49. The normalized spacial score (nSPS) is 16.2. The number of ether oxygens (including phenoxy) is 2. The van der Waals surface area contributed by atoms with Gasteiger partial charge in [0.05, 0.1) is 31.3 Å². The molecular formula is C22H27N3O4. The highest BCUT2D eigenvalue weighted by Gasteiger charge is 2.23. The number of amides is 1. The van der Waals surface area contributed by atoms with Crippen molar-refractivity contribution in [2.24, 2.45) is 5.92 Å². The quantitative estimate of drug-likeness (QED) is 0.838. The van der Waals surface area contributed by atoms with E-state index < -0.39 is 0 Å². The molecule has 2 aliphatic rings. The van der Waals surface area contributed by atoms with Crippen LogP contribution in [0.5, 0.6) is 11.5 Å². The molecule has 29 heavy (non-hydrogen) atoms. The lowest BCUT2D eigenvalue weighted by Crippen LogP contribution is -2.37. The number of carbonyl (C=O) groups is 1. The van der Waals surface area contributed by atoms with Crippen LogP contribution in [0.25, 0.3) is 0 Å². The SMILES string of the molecule is CC(C)C(NC(=O)Cn1cnc2c(c1=O)CCC2)c1ccc2c(c1)OCCCO2. The largest absolute Gasteiger partial charge is 0.490 e. The van der Waals surface area contributed by atoms with Gasteiger partial charge in [-0.3, -0.25) is 14.2 Å². The second-order valence-electron chi connectivity index (χ2n) is 8.00. The van der Waals surface area contributed by atoms with Crippen molar-refractivity contribution >= 4 is 5.91 Å². The molecule has 1 unspecified atom stereocenters. The summed E-state index contributed by atoms with van der Waals surface area (Å²) in [6.07, 6.45) is 4.88. The third-order valence-electron chi connectivity index (χ3n) is 5.49. The lowest BCUT2D eigenvalue weighted by Gasteiger charge is -2.24. The monoisotopic (exact) mass is 397 g/mol. The Kier molecular flexibility index (Phi) is 5.56. The second kappa shape index (κ2) is 8.27. The average Bonchev–Trinajstić information content (AvgIpc) is 3.06. The molecule has 1 amide bonds. The standard InChI is InChI=1S/C22H27N3O4/c1-14(2)21(15-7-8-18-19(11-15)29-10-4-9-28-18)24-20(26)12-25-13-23-17-6-3-5-16(17)22(25)27/h7-8,11,13-14,21H,3-6,9-10,12H2,1-2H3,(H,24,26). The number of carbonyl (C=O) groups excluding carboxylic acids is 1. The van der Waals surface area contributed by atoms with Gasteiger partial charge in [-0.1, -0.05) is 19.9 Å². The van der Waals surface area contributed by atoms with E-state index in [9.17, 15) is 9.59 Å². The number of nitrogens with one attached hydrogen (secondary N) is 1. The van der Waals surface area contributed by atoms with Crippen LogP contribution in [0.2, 0.25) is 0 Å². The summed E-state index contributed by atoms with van der Waals surface area (Å²) in [5.74, 6) is 1.39. The van der Waals surface area contributed by atoms with Gasteiger partial charge in [-0.05, 0) is 42.9 Å². The van der Waals surface area contributed by atoms with Crippen molar-refractivity contribution in [2.45, 2.75) is 52.1 Å². The van der Waals surface area contributed by atoms with Crippen molar-refractivity contribution in [3.05, 3.63) is 51.7 Å². The number of aryl methyl sites for hydroxylation is 1. The van der Waals surface area contributed by atoms with E-state index in [2.05, 4.69) is 24.1 Å². The van der Waals surface area contributed by atoms with Gasteiger partial charge in [0.1, 0.15) is 6.54 Å². The minimum Gasteiger partial charge on any atom is -0.490 e. The highest BCUT2D eigenvalue weighted by molar-refractivity contribution is 5.76. The van der Waals surface area contributed by atoms with Crippen LogP contribution >= 0.6 is 0 Å². The molecule has 1 N–H and O–H groups in total. The molecule has 7 nitrogen and oxygen atoms in total. The fraction of sp³-hybridized carbons (Fsp3) is 0.500. The maximum absolute atomic E-state index is 12.7. The molecule has 4 rings (SSSR count). The molecule has 154 valence electrons. The maximum atomic E-state index is 12.7. The predicted molar refractivity (Wildman–Crippen MR) is 108 cm³/mol. The minimum absolute atomic E-state index is 0.0348. The molecule has 2 aromatic rings. The van der Waals surface area contributed by atoms with Crippen molar-refractivity contribution in [1.29, 1.82) is 0 Å². The smallest absolute Gasteiger partial charge is 0.257 e. The van der Waals surface area contributed by atoms with Crippen molar-refractivity contribution in [1.82, 2.24) is 14.9 Å². The molecule has 1 aliphatic heterocycles. The second-order valence-corrected chi connectivity index (χ2v) is 8.00. The molecule has 2 heterocycles. The van der Waals surface area contributed by atoms with Crippen LogP contribution in [0.15, 0.2) is 29.3 Å². The molecule has 1 aromatic heterocycles. The highest BCUT2D eigenvalue weighted by Crippen LogP contribution is 2.34. The van der Waals surface area contributed by atoms with Crippen molar-refractivity contribution in [3.8, 4) is 11.5 Å². The Hall–Kier alpha value is -2.83. The van der Waals surface area contributed by atoms with Gasteiger partial charge in [0.2, 0.25) is 5.91 Å². The third kappa shape index (κ3) is 4.13. The first-order valence-corrected chi connectivity index (χ1v) is 10.3. The number of aromatic nitrogens is 2. The van der Waals surface area contributed by atoms with Gasteiger partial charge >= 0.3 is 0 Å². The molecule has 0 bridgehead atoms. The zero-order valence-corrected chi connectivity index (χ0v) is 16.9. The Labute approximate surface area is 170 Å². The van der Waals surface area contributed by atoms with E-state index >= 15 is 0 Å². The summed E-state index contributed by atoms with van der Waals surface area (Å²) < 4.78 is 12.9. The highest BCUT2D eigenvalue weighted by atomic mass is 16.5. The molecule has 1 aliphatic carbocycles. The molecule has 1 atom stereocenters. The predicted octanol–water partition coefficient (Wildman–Crippen LogP) is 2.41. The van der Waals surface area contributed by atoms with Crippen molar-refractivity contribution in [2.75, 3.05) is 13.2 Å². The van der Waals surface area contributed by atoms with Crippen LogP contribution in [-0.2, 0) is 24.2 Å². The fourth-order valence-corrected chi connectivity index (χ4v) is 3.96. The van der Waals surface area contributed by atoms with E-state index in [4.69, 9.17) is 9.47 Å². The maximum Gasteiger partial charge on any atom is 0.257 e. The van der Waals surface area contributed by atoms with E-state index in [0.717, 1.165) is 48.3 Å². The Bertz CT molecular complexity index is 967. The fourth-order valence-electron chi connectivity index (χ4n) is 3.96. The van der Waals surface area contributed by atoms with Crippen molar-refractivity contribution in [3.63, 3.8) is 0 Å². The number of rotatable bonds is 5. The van der Waals surface area contributed by atoms with E-state index in [1.165, 1.54) is 10.9 Å². The summed E-state index contributed by atoms with van der Waals surface area (Å²) in [5.41, 5.74) is 2.49. The summed E-state index contributed by atoms with van der Waals surface area (Å²) in [4.78, 5) is 29.7. The van der Waals surface area contributed by atoms with Gasteiger partial charge < -0.3 is 14.8 Å².